The molecule has 0 fully saturated rings. The van der Waals surface area contributed by atoms with Gasteiger partial charge in [0.1, 0.15) is 5.76 Å². The minimum absolute atomic E-state index is 0.207. The topological polar surface area (TPSA) is 55.6 Å². The number of anilines is 1. The highest BCUT2D eigenvalue weighted by Gasteiger charge is 2.11. The minimum atomic E-state index is -0.207. The van der Waals surface area contributed by atoms with Crippen LogP contribution in [-0.2, 0) is 22.5 Å². The van der Waals surface area contributed by atoms with Crippen LogP contribution in [0, 0.1) is 6.92 Å². The first kappa shape index (κ1) is 14.6. The molecule has 0 aliphatic heterocycles. The molecule has 20 heavy (non-hydrogen) atoms. The van der Waals surface area contributed by atoms with Crippen molar-refractivity contribution in [1.29, 1.82) is 0 Å². The van der Waals surface area contributed by atoms with Crippen LogP contribution in [0.4, 0.5) is 5.13 Å². The molecule has 6 heteroatoms. The predicted octanol–water partition coefficient (Wildman–Crippen LogP) is 2.79. The van der Waals surface area contributed by atoms with Crippen LogP contribution in [0.15, 0.2) is 22.1 Å². The van der Waals surface area contributed by atoms with Gasteiger partial charge in [0.15, 0.2) is 5.13 Å². The number of aromatic nitrogens is 1. The number of furan rings is 1. The predicted molar refractivity (Wildman–Crippen MR) is 78.0 cm³/mol. The second-order valence-corrected chi connectivity index (χ2v) is 5.39. The zero-order chi connectivity index (χ0) is 14.5. The van der Waals surface area contributed by atoms with Gasteiger partial charge in [0.05, 0.1) is 25.5 Å². The van der Waals surface area contributed by atoms with Crippen molar-refractivity contribution in [1.82, 2.24) is 4.98 Å². The highest BCUT2D eigenvalue weighted by Crippen LogP contribution is 2.23. The van der Waals surface area contributed by atoms with Crippen LogP contribution in [0.1, 0.15) is 23.4 Å². The number of carbonyl (C=O) groups is 1. The van der Waals surface area contributed by atoms with Crippen LogP contribution in [0.5, 0.6) is 0 Å². The van der Waals surface area contributed by atoms with Crippen LogP contribution < -0.4 is 4.90 Å². The molecule has 0 saturated heterocycles. The summed E-state index contributed by atoms with van der Waals surface area (Å²) in [6.07, 6.45) is 2.67. The van der Waals surface area contributed by atoms with Crippen LogP contribution in [0.2, 0.25) is 0 Å². The second-order valence-electron chi connectivity index (χ2n) is 4.56. The highest BCUT2D eigenvalue weighted by molar-refractivity contribution is 7.13. The van der Waals surface area contributed by atoms with E-state index < -0.39 is 0 Å². The standard InChI is InChI=1S/C14H18N2O3S/c1-10-11(6-7-19-10)8-16(2)14-15-12(9-20-14)4-5-13(17)18-3/h6-7,9H,4-5,8H2,1-3H3. The molecular weight excluding hydrogens is 276 g/mol. The summed E-state index contributed by atoms with van der Waals surface area (Å²) in [5.41, 5.74) is 2.07. The summed E-state index contributed by atoms with van der Waals surface area (Å²) in [4.78, 5) is 17.7. The molecule has 0 unspecified atom stereocenters. The average molecular weight is 294 g/mol. The van der Waals surface area contributed by atoms with Crippen molar-refractivity contribution in [3.05, 3.63) is 34.7 Å². The summed E-state index contributed by atoms with van der Waals surface area (Å²) in [5.74, 6) is 0.723. The van der Waals surface area contributed by atoms with E-state index in [2.05, 4.69) is 14.6 Å². The molecule has 2 heterocycles. The lowest BCUT2D eigenvalue weighted by Crippen LogP contribution is -2.16. The van der Waals surface area contributed by atoms with Crippen LogP contribution >= 0.6 is 11.3 Å². The number of carbonyl (C=O) groups excluding carboxylic acids is 1. The summed E-state index contributed by atoms with van der Waals surface area (Å²) in [6.45, 7) is 2.71. The van der Waals surface area contributed by atoms with Gasteiger partial charge in [0.2, 0.25) is 0 Å². The van der Waals surface area contributed by atoms with Crippen LogP contribution in [0.25, 0.3) is 0 Å². The Morgan fingerprint density at radius 1 is 1.55 bits per heavy atom. The number of thiazole rings is 1. The van der Waals surface area contributed by atoms with Crippen molar-refractivity contribution in [2.24, 2.45) is 0 Å². The molecule has 0 spiro atoms. The van der Waals surface area contributed by atoms with Gasteiger partial charge < -0.3 is 14.1 Å². The Kier molecular flexibility index (Phi) is 4.79. The molecule has 2 rings (SSSR count). The van der Waals surface area contributed by atoms with E-state index in [1.165, 1.54) is 7.11 Å². The largest absolute Gasteiger partial charge is 0.469 e. The van der Waals surface area contributed by atoms with E-state index in [0.717, 1.165) is 28.7 Å². The molecule has 0 N–H and O–H groups in total. The summed E-state index contributed by atoms with van der Waals surface area (Å²) in [5, 5.41) is 2.92. The number of nitrogens with zero attached hydrogens (tertiary/aromatic N) is 2. The average Bonchev–Trinajstić information content (AvgIpc) is 3.06. The number of methoxy groups -OCH3 is 1. The quantitative estimate of drug-likeness (QED) is 0.767. The number of aryl methyl sites for hydroxylation is 2. The zero-order valence-corrected chi connectivity index (χ0v) is 12.7. The van der Waals surface area contributed by atoms with Gasteiger partial charge in [-0.1, -0.05) is 0 Å². The maximum Gasteiger partial charge on any atom is 0.305 e. The van der Waals surface area contributed by atoms with Crippen molar-refractivity contribution in [2.45, 2.75) is 26.3 Å². The molecule has 2 aromatic heterocycles. The van der Waals surface area contributed by atoms with E-state index in [9.17, 15) is 4.79 Å². The summed E-state index contributed by atoms with van der Waals surface area (Å²) < 4.78 is 9.91. The van der Waals surface area contributed by atoms with Crippen molar-refractivity contribution in [2.75, 3.05) is 19.1 Å². The fourth-order valence-corrected chi connectivity index (χ4v) is 2.64. The fourth-order valence-electron chi connectivity index (χ4n) is 1.82. The first-order valence-corrected chi connectivity index (χ1v) is 7.23. The number of hydrogen-bond acceptors (Lipinski definition) is 6. The number of rotatable bonds is 6. The van der Waals surface area contributed by atoms with Gasteiger partial charge in [-0.15, -0.1) is 11.3 Å². The van der Waals surface area contributed by atoms with E-state index in [0.29, 0.717) is 12.8 Å². The Morgan fingerprint density at radius 2 is 2.35 bits per heavy atom. The van der Waals surface area contributed by atoms with Gasteiger partial charge in [-0.25, -0.2) is 4.98 Å². The Bertz CT molecular complexity index is 576. The second kappa shape index (κ2) is 6.56. The lowest BCUT2D eigenvalue weighted by atomic mass is 10.2. The van der Waals surface area contributed by atoms with E-state index in [-0.39, 0.29) is 5.97 Å². The molecule has 2 aromatic rings. The van der Waals surface area contributed by atoms with Crippen molar-refractivity contribution < 1.29 is 13.9 Å². The zero-order valence-electron chi connectivity index (χ0n) is 11.9. The van der Waals surface area contributed by atoms with E-state index in [1.54, 1.807) is 17.6 Å². The molecule has 0 atom stereocenters. The van der Waals surface area contributed by atoms with Crippen molar-refractivity contribution in [3.63, 3.8) is 0 Å². The Hall–Kier alpha value is -1.82. The number of esters is 1. The summed E-state index contributed by atoms with van der Waals surface area (Å²) in [6, 6.07) is 1.97. The minimum Gasteiger partial charge on any atom is -0.469 e. The number of ether oxygens (including phenoxy) is 1. The van der Waals surface area contributed by atoms with E-state index >= 15 is 0 Å². The number of hydrogen-bond donors (Lipinski definition) is 0. The van der Waals surface area contributed by atoms with Gasteiger partial charge in [-0.3, -0.25) is 4.79 Å². The van der Waals surface area contributed by atoms with Gasteiger partial charge >= 0.3 is 5.97 Å². The SMILES string of the molecule is COC(=O)CCc1csc(N(C)Cc2ccoc2C)n1. The maximum absolute atomic E-state index is 11.1. The summed E-state index contributed by atoms with van der Waals surface area (Å²) >= 11 is 1.58. The Morgan fingerprint density at radius 3 is 3.00 bits per heavy atom. The van der Waals surface area contributed by atoms with Crippen molar-refractivity contribution >= 4 is 22.4 Å². The molecule has 0 radical (unpaired) electrons. The van der Waals surface area contributed by atoms with Crippen LogP contribution in [0.3, 0.4) is 0 Å². The maximum atomic E-state index is 11.1. The van der Waals surface area contributed by atoms with Gasteiger partial charge in [0, 0.05) is 31.0 Å². The Labute approximate surface area is 122 Å². The van der Waals surface area contributed by atoms with Crippen LogP contribution in [-0.4, -0.2) is 25.1 Å². The molecule has 0 aliphatic carbocycles. The fraction of sp³-hybridized carbons (Fsp3) is 0.429. The van der Waals surface area contributed by atoms with Gasteiger partial charge in [0.25, 0.3) is 0 Å². The normalized spacial score (nSPS) is 10.6. The third kappa shape index (κ3) is 3.60. The molecule has 0 amide bonds. The molecule has 108 valence electrons. The molecule has 0 bridgehead atoms. The van der Waals surface area contributed by atoms with Gasteiger partial charge in [-0.2, -0.15) is 0 Å². The monoisotopic (exact) mass is 294 g/mol. The molecule has 0 aliphatic rings. The third-order valence-electron chi connectivity index (χ3n) is 3.05. The third-order valence-corrected chi connectivity index (χ3v) is 4.06. The molecule has 0 aromatic carbocycles. The Balaban J connectivity index is 1.94. The lowest BCUT2D eigenvalue weighted by molar-refractivity contribution is -0.140. The van der Waals surface area contributed by atoms with Crippen molar-refractivity contribution in [3.8, 4) is 0 Å². The molecular formula is C14H18N2O3S. The molecule has 0 saturated carbocycles. The molecule has 5 nitrogen and oxygen atoms in total. The van der Waals surface area contributed by atoms with E-state index in [4.69, 9.17) is 4.42 Å². The van der Waals surface area contributed by atoms with Gasteiger partial charge in [-0.05, 0) is 13.0 Å². The lowest BCUT2D eigenvalue weighted by Gasteiger charge is -2.14. The first-order chi connectivity index (χ1) is 9.60. The van der Waals surface area contributed by atoms with E-state index in [1.807, 2.05) is 25.4 Å². The first-order valence-electron chi connectivity index (χ1n) is 6.35. The highest BCUT2D eigenvalue weighted by atomic mass is 32.1. The smallest absolute Gasteiger partial charge is 0.305 e. The summed E-state index contributed by atoms with van der Waals surface area (Å²) in [7, 11) is 3.39.